The summed E-state index contributed by atoms with van der Waals surface area (Å²) in [4.78, 5) is 0. The van der Waals surface area contributed by atoms with Crippen LogP contribution >= 0.6 is 0 Å². The van der Waals surface area contributed by atoms with Gasteiger partial charge in [-0.2, -0.15) is 0 Å². The molecule has 84 valence electrons. The highest BCUT2D eigenvalue weighted by Gasteiger charge is 1.97. The molecule has 0 heterocycles. The molecule has 0 saturated carbocycles. The van der Waals surface area contributed by atoms with E-state index in [4.69, 9.17) is 0 Å². The van der Waals surface area contributed by atoms with Crippen molar-refractivity contribution >= 4 is 10.1 Å². The fraction of sp³-hybridized carbons (Fsp3) is 0.400. The molecule has 0 aromatic heterocycles. The van der Waals surface area contributed by atoms with E-state index < -0.39 is 10.1 Å². The molecule has 5 heteroatoms. The van der Waals surface area contributed by atoms with E-state index in [1.54, 1.807) is 0 Å². The lowest BCUT2D eigenvalue weighted by molar-refractivity contribution is -0.650. The van der Waals surface area contributed by atoms with E-state index in [1.807, 2.05) is 35.6 Å². The van der Waals surface area contributed by atoms with E-state index in [-0.39, 0.29) is 5.75 Å². The van der Waals surface area contributed by atoms with Gasteiger partial charge in [0.15, 0.2) is 0 Å². The summed E-state index contributed by atoms with van der Waals surface area (Å²) in [6.45, 7) is 1.15. The Morgan fingerprint density at radius 3 is 2.40 bits per heavy atom. The topological polar surface area (TPSA) is 73.8 Å². The summed E-state index contributed by atoms with van der Waals surface area (Å²) >= 11 is 0. The zero-order chi connectivity index (χ0) is 11.1. The van der Waals surface area contributed by atoms with Gasteiger partial charge in [0.1, 0.15) is 10.1 Å². The highest BCUT2D eigenvalue weighted by molar-refractivity contribution is 7.85. The standard InChI is InChI=1S/C10H15NO3S/c12-15(13,14)9-8-11-7-6-10-4-2-1-3-5-10/h1-5,11H,6-9H2,(H,12,13,14). The molecule has 2 N–H and O–H groups in total. The van der Waals surface area contributed by atoms with Crippen molar-refractivity contribution in [1.29, 1.82) is 0 Å². The van der Waals surface area contributed by atoms with Crippen molar-refractivity contribution in [2.45, 2.75) is 6.42 Å². The summed E-state index contributed by atoms with van der Waals surface area (Å²) in [6, 6.07) is 9.95. The van der Waals surface area contributed by atoms with Gasteiger partial charge in [-0.1, -0.05) is 30.3 Å². The van der Waals surface area contributed by atoms with E-state index in [2.05, 4.69) is 0 Å². The van der Waals surface area contributed by atoms with Gasteiger partial charge in [0.2, 0.25) is 0 Å². The van der Waals surface area contributed by atoms with Crippen molar-refractivity contribution in [3.63, 3.8) is 0 Å². The van der Waals surface area contributed by atoms with Crippen LogP contribution in [0.2, 0.25) is 0 Å². The van der Waals surface area contributed by atoms with Gasteiger partial charge in [-0.3, -0.25) is 0 Å². The quantitative estimate of drug-likeness (QED) is 0.520. The molecule has 0 amide bonds. The molecule has 1 aromatic rings. The summed E-state index contributed by atoms with van der Waals surface area (Å²) in [5.74, 6) is -0.290. The van der Waals surface area contributed by atoms with Crippen LogP contribution < -0.4 is 5.32 Å². The maximum absolute atomic E-state index is 10.3. The van der Waals surface area contributed by atoms with Crippen molar-refractivity contribution in [2.75, 3.05) is 18.8 Å². The summed E-state index contributed by atoms with van der Waals surface area (Å²) < 4.78 is 30.9. The Kier molecular flexibility index (Phi) is 4.74. The number of nitrogens with two attached hydrogens (primary N) is 1. The van der Waals surface area contributed by atoms with Crippen LogP contribution in [0.15, 0.2) is 30.3 Å². The maximum atomic E-state index is 10.3. The van der Waals surface area contributed by atoms with Crippen molar-refractivity contribution in [1.82, 2.24) is 0 Å². The van der Waals surface area contributed by atoms with Crippen molar-refractivity contribution in [3.05, 3.63) is 35.9 Å². The smallest absolute Gasteiger partial charge is 0.100 e. The van der Waals surface area contributed by atoms with Crippen LogP contribution in [0.4, 0.5) is 0 Å². The Morgan fingerprint density at radius 2 is 1.80 bits per heavy atom. The Hall–Kier alpha value is -0.910. The maximum Gasteiger partial charge on any atom is 0.100 e. The third-order valence-electron chi connectivity index (χ3n) is 2.05. The van der Waals surface area contributed by atoms with Gasteiger partial charge in [0, 0.05) is 6.42 Å². The molecule has 0 aliphatic carbocycles. The van der Waals surface area contributed by atoms with Crippen LogP contribution in [-0.2, 0) is 16.5 Å². The molecule has 0 bridgehead atoms. The molecule has 0 fully saturated rings. The molecular weight excluding hydrogens is 214 g/mol. The second-order valence-corrected chi connectivity index (χ2v) is 4.89. The van der Waals surface area contributed by atoms with Gasteiger partial charge in [-0.05, 0) is 5.56 Å². The predicted octanol–water partition coefficient (Wildman–Crippen LogP) is -0.662. The molecule has 0 radical (unpaired) electrons. The first-order valence-corrected chi connectivity index (χ1v) is 6.45. The second-order valence-electron chi connectivity index (χ2n) is 3.36. The monoisotopic (exact) mass is 229 g/mol. The van der Waals surface area contributed by atoms with E-state index in [1.165, 1.54) is 5.56 Å². The molecule has 4 nitrogen and oxygen atoms in total. The summed E-state index contributed by atoms with van der Waals surface area (Å²) in [7, 11) is -4.05. The Bertz CT molecular complexity index is 375. The number of hydrogen-bond acceptors (Lipinski definition) is 3. The first kappa shape index (κ1) is 12.2. The van der Waals surface area contributed by atoms with E-state index in [0.717, 1.165) is 13.0 Å². The zero-order valence-corrected chi connectivity index (χ0v) is 9.24. The third kappa shape index (κ3) is 6.22. The highest BCUT2D eigenvalue weighted by atomic mass is 32.2. The molecule has 0 spiro atoms. The van der Waals surface area contributed by atoms with Gasteiger partial charge >= 0.3 is 0 Å². The van der Waals surface area contributed by atoms with Crippen molar-refractivity contribution in [3.8, 4) is 0 Å². The molecular formula is C10H15NO3S. The first-order chi connectivity index (χ1) is 7.08. The zero-order valence-electron chi connectivity index (χ0n) is 8.43. The van der Waals surface area contributed by atoms with Crippen LogP contribution in [0.25, 0.3) is 0 Å². The van der Waals surface area contributed by atoms with Gasteiger partial charge in [0.25, 0.3) is 0 Å². The van der Waals surface area contributed by atoms with Crippen LogP contribution in [0.3, 0.4) is 0 Å². The minimum Gasteiger partial charge on any atom is -0.748 e. The number of hydrogen-bond donors (Lipinski definition) is 1. The lowest BCUT2D eigenvalue weighted by atomic mass is 10.1. The molecule has 0 atom stereocenters. The number of rotatable bonds is 6. The molecule has 1 rings (SSSR count). The molecule has 0 aliphatic heterocycles. The highest BCUT2D eigenvalue weighted by Crippen LogP contribution is 1.96. The molecule has 0 aliphatic rings. The minimum absolute atomic E-state index is 0.290. The van der Waals surface area contributed by atoms with Crippen molar-refractivity contribution in [2.24, 2.45) is 0 Å². The Balaban J connectivity index is 2.13. The van der Waals surface area contributed by atoms with Gasteiger partial charge in [0.05, 0.1) is 18.8 Å². The van der Waals surface area contributed by atoms with E-state index in [9.17, 15) is 13.0 Å². The average Bonchev–Trinajstić information content (AvgIpc) is 2.17. The van der Waals surface area contributed by atoms with E-state index >= 15 is 0 Å². The second kappa shape index (κ2) is 5.85. The van der Waals surface area contributed by atoms with Gasteiger partial charge in [-0.25, -0.2) is 8.42 Å². The molecule has 0 unspecified atom stereocenters. The van der Waals surface area contributed by atoms with Crippen molar-refractivity contribution < 1.29 is 18.3 Å². The first-order valence-electron chi connectivity index (χ1n) is 4.87. The molecule has 1 aromatic carbocycles. The van der Waals surface area contributed by atoms with Crippen LogP contribution in [0.5, 0.6) is 0 Å². The molecule has 0 saturated heterocycles. The molecule has 15 heavy (non-hydrogen) atoms. The Labute approximate surface area is 90.1 Å². The fourth-order valence-electron chi connectivity index (χ4n) is 1.29. The third-order valence-corrected chi connectivity index (χ3v) is 2.79. The number of benzene rings is 1. The lowest BCUT2D eigenvalue weighted by Crippen LogP contribution is -2.85. The normalized spacial score (nSPS) is 11.5. The number of quaternary nitrogens is 1. The van der Waals surface area contributed by atoms with Gasteiger partial charge in [-0.15, -0.1) is 0 Å². The van der Waals surface area contributed by atoms with Crippen LogP contribution in [-0.4, -0.2) is 31.8 Å². The minimum atomic E-state index is -4.05. The van der Waals surface area contributed by atoms with Crippen LogP contribution in [0, 0.1) is 0 Å². The van der Waals surface area contributed by atoms with Gasteiger partial charge < -0.3 is 9.87 Å². The SMILES string of the molecule is O=S(=O)([O-])CC[NH2+]CCc1ccccc1. The summed E-state index contributed by atoms with van der Waals surface area (Å²) in [5, 5.41) is 1.85. The summed E-state index contributed by atoms with van der Waals surface area (Å²) in [5.41, 5.74) is 1.22. The fourth-order valence-corrected chi connectivity index (χ4v) is 1.74. The lowest BCUT2D eigenvalue weighted by Gasteiger charge is -2.05. The Morgan fingerprint density at radius 1 is 1.13 bits per heavy atom. The largest absolute Gasteiger partial charge is 0.748 e. The predicted molar refractivity (Wildman–Crippen MR) is 56.4 cm³/mol. The summed E-state index contributed by atoms with van der Waals surface area (Å²) in [6.07, 6.45) is 0.889. The van der Waals surface area contributed by atoms with E-state index in [0.29, 0.717) is 6.54 Å². The van der Waals surface area contributed by atoms with Crippen LogP contribution in [0.1, 0.15) is 5.56 Å². The average molecular weight is 229 g/mol.